The Hall–Kier alpha value is -2.81. The zero-order valence-electron chi connectivity index (χ0n) is 14.6. The highest BCUT2D eigenvalue weighted by atomic mass is 32.2. The zero-order valence-corrected chi connectivity index (χ0v) is 15.5. The molecule has 2 aromatic rings. The number of hydrogen-bond donors (Lipinski definition) is 1. The number of alkyl halides is 2. The molecule has 0 saturated carbocycles. The van der Waals surface area contributed by atoms with E-state index in [0.717, 1.165) is 0 Å². The largest absolute Gasteiger partial charge is 0.493 e. The number of thioether (sulfide) groups is 1. The van der Waals surface area contributed by atoms with E-state index in [0.29, 0.717) is 39.4 Å². The number of nitrogens with one attached hydrogen (secondary N) is 1. The fourth-order valence-corrected chi connectivity index (χ4v) is 2.54. The lowest BCUT2D eigenvalue weighted by Gasteiger charge is -2.07. The normalized spacial score (nSPS) is 10.9. The number of anilines is 1. The van der Waals surface area contributed by atoms with Crippen molar-refractivity contribution in [1.82, 2.24) is 0 Å². The van der Waals surface area contributed by atoms with Gasteiger partial charge >= 0.3 is 0 Å². The number of carbonyl (C=O) groups is 1. The van der Waals surface area contributed by atoms with Gasteiger partial charge in [0.1, 0.15) is 0 Å². The van der Waals surface area contributed by atoms with E-state index in [-0.39, 0.29) is 6.61 Å². The quantitative estimate of drug-likeness (QED) is 0.394. The molecule has 27 heavy (non-hydrogen) atoms. The molecule has 0 aliphatic rings. The maximum Gasteiger partial charge on any atom is 0.288 e. The third kappa shape index (κ3) is 6.78. The summed E-state index contributed by atoms with van der Waals surface area (Å²) in [5.41, 5.74) is 1.19. The van der Waals surface area contributed by atoms with Crippen LogP contribution in [0.25, 0.3) is 0 Å². The summed E-state index contributed by atoms with van der Waals surface area (Å²) in [4.78, 5) is 17.2. The van der Waals surface area contributed by atoms with E-state index in [1.165, 1.54) is 37.6 Å². The van der Waals surface area contributed by atoms with Gasteiger partial charge in [-0.2, -0.15) is 8.78 Å². The Morgan fingerprint density at radius 3 is 2.48 bits per heavy atom. The van der Waals surface area contributed by atoms with Crippen molar-refractivity contribution < 1.29 is 27.9 Å². The maximum atomic E-state index is 12.3. The van der Waals surface area contributed by atoms with Gasteiger partial charge in [0.05, 0.1) is 20.4 Å². The lowest BCUT2D eigenvalue weighted by Crippen LogP contribution is -2.16. The van der Waals surface area contributed by atoms with Gasteiger partial charge in [-0.25, -0.2) is 0 Å². The number of hydrogen-bond acceptors (Lipinski definition) is 6. The highest BCUT2D eigenvalue weighted by molar-refractivity contribution is 7.99. The predicted octanol–water partition coefficient (Wildman–Crippen LogP) is 4.01. The van der Waals surface area contributed by atoms with Gasteiger partial charge in [0, 0.05) is 16.1 Å². The minimum Gasteiger partial charge on any atom is -0.493 e. The number of benzene rings is 2. The Balaban J connectivity index is 1.81. The van der Waals surface area contributed by atoms with Crippen molar-refractivity contribution in [1.29, 1.82) is 0 Å². The summed E-state index contributed by atoms with van der Waals surface area (Å²) in [6.45, 7) is -0.294. The first kappa shape index (κ1) is 20.5. The van der Waals surface area contributed by atoms with Crippen LogP contribution >= 0.6 is 11.8 Å². The van der Waals surface area contributed by atoms with Gasteiger partial charge in [0.2, 0.25) is 0 Å². The smallest absolute Gasteiger partial charge is 0.288 e. The maximum absolute atomic E-state index is 12.3. The first-order valence-electron chi connectivity index (χ1n) is 7.74. The van der Waals surface area contributed by atoms with Crippen molar-refractivity contribution in [3.63, 3.8) is 0 Å². The monoisotopic (exact) mass is 396 g/mol. The number of oxime groups is 1. The SMILES string of the molecule is COc1ccc(/C=N\OCC(=O)Nc2ccc(SC(F)F)cc2)cc1OC. The van der Waals surface area contributed by atoms with E-state index >= 15 is 0 Å². The van der Waals surface area contributed by atoms with Gasteiger partial charge in [-0.05, 0) is 42.5 Å². The summed E-state index contributed by atoms with van der Waals surface area (Å²) in [6.07, 6.45) is 1.44. The van der Waals surface area contributed by atoms with Crippen LogP contribution in [0.4, 0.5) is 14.5 Å². The molecule has 1 N–H and O–H groups in total. The average Bonchev–Trinajstić information content (AvgIpc) is 2.66. The molecule has 0 aliphatic heterocycles. The molecule has 0 bridgehead atoms. The number of carbonyl (C=O) groups excluding carboxylic acids is 1. The van der Waals surface area contributed by atoms with Crippen LogP contribution in [-0.2, 0) is 9.63 Å². The van der Waals surface area contributed by atoms with Crippen LogP contribution in [0.3, 0.4) is 0 Å². The number of halogens is 2. The molecule has 0 fully saturated rings. The molecule has 2 aromatic carbocycles. The van der Waals surface area contributed by atoms with Crippen LogP contribution in [0.15, 0.2) is 52.5 Å². The van der Waals surface area contributed by atoms with E-state index in [1.807, 2.05) is 0 Å². The van der Waals surface area contributed by atoms with Crippen molar-refractivity contribution in [2.24, 2.45) is 5.16 Å². The van der Waals surface area contributed by atoms with Crippen LogP contribution in [0, 0.1) is 0 Å². The molecule has 0 radical (unpaired) electrons. The van der Waals surface area contributed by atoms with Gasteiger partial charge in [-0.15, -0.1) is 0 Å². The van der Waals surface area contributed by atoms with Crippen molar-refractivity contribution in [3.8, 4) is 11.5 Å². The minimum absolute atomic E-state index is 0.294. The molecule has 0 unspecified atom stereocenters. The van der Waals surface area contributed by atoms with E-state index in [9.17, 15) is 13.6 Å². The van der Waals surface area contributed by atoms with Gasteiger partial charge < -0.3 is 19.6 Å². The van der Waals surface area contributed by atoms with E-state index in [1.54, 1.807) is 25.3 Å². The molecular formula is C18H18F2N2O4S. The number of rotatable bonds is 9. The molecule has 0 aliphatic carbocycles. The number of nitrogens with zero attached hydrogens (tertiary/aromatic N) is 1. The Labute approximate surface area is 159 Å². The summed E-state index contributed by atoms with van der Waals surface area (Å²) in [7, 11) is 3.07. The van der Waals surface area contributed by atoms with Crippen LogP contribution in [0.2, 0.25) is 0 Å². The Kier molecular flexibility index (Phi) is 7.87. The van der Waals surface area contributed by atoms with Crippen LogP contribution in [-0.4, -0.2) is 38.7 Å². The summed E-state index contributed by atoms with van der Waals surface area (Å²) in [5, 5.41) is 6.32. The first-order valence-corrected chi connectivity index (χ1v) is 8.62. The molecule has 0 heterocycles. The molecule has 2 rings (SSSR count). The second kappa shape index (κ2) is 10.4. The van der Waals surface area contributed by atoms with Crippen molar-refractivity contribution >= 4 is 29.6 Å². The fraction of sp³-hybridized carbons (Fsp3) is 0.222. The van der Waals surface area contributed by atoms with Crippen LogP contribution in [0.1, 0.15) is 5.56 Å². The van der Waals surface area contributed by atoms with Crippen molar-refractivity contribution in [2.45, 2.75) is 10.7 Å². The third-order valence-electron chi connectivity index (χ3n) is 3.24. The molecule has 0 spiro atoms. The zero-order chi connectivity index (χ0) is 19.6. The van der Waals surface area contributed by atoms with Crippen molar-refractivity contribution in [2.75, 3.05) is 26.1 Å². The first-order chi connectivity index (χ1) is 13.0. The van der Waals surface area contributed by atoms with Crippen LogP contribution in [0.5, 0.6) is 11.5 Å². The Morgan fingerprint density at radius 1 is 1.15 bits per heavy atom. The topological polar surface area (TPSA) is 69.2 Å². The molecule has 144 valence electrons. The third-order valence-corrected chi connectivity index (χ3v) is 3.97. The summed E-state index contributed by atoms with van der Waals surface area (Å²) >= 11 is 0.439. The average molecular weight is 396 g/mol. The molecule has 0 aromatic heterocycles. The highest BCUT2D eigenvalue weighted by Crippen LogP contribution is 2.27. The van der Waals surface area contributed by atoms with E-state index in [2.05, 4.69) is 10.5 Å². The molecule has 6 nitrogen and oxygen atoms in total. The van der Waals surface area contributed by atoms with Gasteiger partial charge in [-0.3, -0.25) is 4.79 Å². The second-order valence-electron chi connectivity index (χ2n) is 5.07. The fourth-order valence-electron chi connectivity index (χ4n) is 2.04. The number of methoxy groups -OCH3 is 2. The van der Waals surface area contributed by atoms with Gasteiger partial charge in [0.25, 0.3) is 11.7 Å². The molecule has 0 saturated heterocycles. The molecular weight excluding hydrogens is 378 g/mol. The Bertz CT molecular complexity index is 785. The highest BCUT2D eigenvalue weighted by Gasteiger charge is 2.07. The van der Waals surface area contributed by atoms with Gasteiger partial charge in [-0.1, -0.05) is 16.9 Å². The molecule has 0 atom stereocenters. The Morgan fingerprint density at radius 2 is 1.85 bits per heavy atom. The summed E-state index contributed by atoms with van der Waals surface area (Å²) < 4.78 is 34.8. The molecule has 9 heteroatoms. The van der Waals surface area contributed by atoms with Crippen molar-refractivity contribution in [3.05, 3.63) is 48.0 Å². The standard InChI is InChI=1S/C18H18F2N2O4S/c1-24-15-8-3-12(9-16(15)25-2)10-21-26-11-17(23)22-13-4-6-14(7-5-13)27-18(19)20/h3-10,18H,11H2,1-2H3,(H,22,23)/b21-10-. The summed E-state index contributed by atoms with van der Waals surface area (Å²) in [6, 6.07) is 11.3. The number of amides is 1. The summed E-state index contributed by atoms with van der Waals surface area (Å²) in [5.74, 6) is -1.77. The number of ether oxygens (including phenoxy) is 2. The van der Waals surface area contributed by atoms with Crippen LogP contribution < -0.4 is 14.8 Å². The second-order valence-corrected chi connectivity index (χ2v) is 6.14. The lowest BCUT2D eigenvalue weighted by molar-refractivity contribution is -0.120. The van der Waals surface area contributed by atoms with E-state index < -0.39 is 11.7 Å². The van der Waals surface area contributed by atoms with Gasteiger partial charge in [0.15, 0.2) is 18.1 Å². The molecule has 1 amide bonds. The van der Waals surface area contributed by atoms with E-state index in [4.69, 9.17) is 14.3 Å². The minimum atomic E-state index is -2.48. The predicted molar refractivity (Wildman–Crippen MR) is 100 cm³/mol. The lowest BCUT2D eigenvalue weighted by atomic mass is 10.2.